The van der Waals surface area contributed by atoms with E-state index >= 15 is 0 Å². The Balaban J connectivity index is 2.31. The molecule has 0 atom stereocenters. The number of rotatable bonds is 5. The van der Waals surface area contributed by atoms with Crippen LogP contribution in [0.15, 0.2) is 35.9 Å². The van der Waals surface area contributed by atoms with Gasteiger partial charge in [-0.05, 0) is 55.3 Å². The second kappa shape index (κ2) is 8.95. The van der Waals surface area contributed by atoms with E-state index in [2.05, 4.69) is 5.32 Å². The van der Waals surface area contributed by atoms with Crippen molar-refractivity contribution in [3.63, 3.8) is 0 Å². The summed E-state index contributed by atoms with van der Waals surface area (Å²) in [5, 5.41) is 13.1. The van der Waals surface area contributed by atoms with Crippen LogP contribution >= 0.6 is 34.8 Å². The summed E-state index contributed by atoms with van der Waals surface area (Å²) in [7, 11) is 0. The summed E-state index contributed by atoms with van der Waals surface area (Å²) in [4.78, 5) is 12.4. The Labute approximate surface area is 166 Å². The first-order chi connectivity index (χ1) is 12.3. The van der Waals surface area contributed by atoms with E-state index in [-0.39, 0.29) is 5.57 Å². The summed E-state index contributed by atoms with van der Waals surface area (Å²) < 4.78 is 5.36. The molecule has 2 aromatic rings. The summed E-state index contributed by atoms with van der Waals surface area (Å²) in [6.45, 7) is 4.06. The van der Waals surface area contributed by atoms with Crippen LogP contribution in [0.5, 0.6) is 5.75 Å². The van der Waals surface area contributed by atoms with E-state index in [1.165, 1.54) is 6.08 Å². The topological polar surface area (TPSA) is 62.1 Å². The average Bonchev–Trinajstić information content (AvgIpc) is 2.59. The van der Waals surface area contributed by atoms with E-state index in [0.717, 1.165) is 5.56 Å². The predicted molar refractivity (Wildman–Crippen MR) is 106 cm³/mol. The first kappa shape index (κ1) is 20.1. The van der Waals surface area contributed by atoms with Crippen LogP contribution in [0.1, 0.15) is 18.1 Å². The van der Waals surface area contributed by atoms with Gasteiger partial charge in [0.2, 0.25) is 0 Å². The molecule has 7 heteroatoms. The van der Waals surface area contributed by atoms with Gasteiger partial charge < -0.3 is 10.1 Å². The molecule has 2 rings (SSSR count). The third-order valence-corrected chi connectivity index (χ3v) is 4.23. The fourth-order valence-electron chi connectivity index (χ4n) is 2.18. The van der Waals surface area contributed by atoms with Crippen LogP contribution < -0.4 is 10.1 Å². The Morgan fingerprint density at radius 3 is 2.46 bits per heavy atom. The molecule has 0 aromatic heterocycles. The average molecular weight is 410 g/mol. The third-order valence-electron chi connectivity index (χ3n) is 3.43. The predicted octanol–water partition coefficient (Wildman–Crippen LogP) is 5.90. The maximum Gasteiger partial charge on any atom is 0.266 e. The molecule has 0 saturated carbocycles. The molecule has 0 aliphatic rings. The second-order valence-corrected chi connectivity index (χ2v) is 6.58. The van der Waals surface area contributed by atoms with Gasteiger partial charge in [0.15, 0.2) is 5.75 Å². The number of anilines is 1. The number of benzene rings is 2. The van der Waals surface area contributed by atoms with Crippen LogP contribution in [0.25, 0.3) is 6.08 Å². The zero-order valence-corrected chi connectivity index (χ0v) is 16.3. The molecule has 0 spiro atoms. The molecule has 4 nitrogen and oxygen atoms in total. The van der Waals surface area contributed by atoms with Crippen LogP contribution in [0.4, 0.5) is 5.69 Å². The molecule has 0 radical (unpaired) electrons. The summed E-state index contributed by atoms with van der Waals surface area (Å²) in [6.07, 6.45) is 1.41. The van der Waals surface area contributed by atoms with Gasteiger partial charge in [0.25, 0.3) is 5.91 Å². The number of nitrogens with one attached hydrogen (secondary N) is 1. The lowest BCUT2D eigenvalue weighted by Crippen LogP contribution is -2.14. The van der Waals surface area contributed by atoms with Gasteiger partial charge in [-0.25, -0.2) is 0 Å². The second-order valence-electron chi connectivity index (χ2n) is 5.33. The van der Waals surface area contributed by atoms with Crippen molar-refractivity contribution >= 4 is 52.5 Å². The number of amides is 1. The van der Waals surface area contributed by atoms with Crippen LogP contribution in [-0.2, 0) is 4.79 Å². The quantitative estimate of drug-likeness (QED) is 0.494. The van der Waals surface area contributed by atoms with Crippen molar-refractivity contribution in [3.8, 4) is 11.8 Å². The standard InChI is InChI=1S/C19H15Cl3N2O2/c1-3-26-18-15(21)7-12(8-16(18)22)6-13(10-23)19(25)24-17-9-14(20)5-4-11(17)2/h4-9H,3H2,1-2H3,(H,24,25)/b13-6+. The Morgan fingerprint density at radius 2 is 1.88 bits per heavy atom. The van der Waals surface area contributed by atoms with Crippen molar-refractivity contribution in [2.24, 2.45) is 0 Å². The minimum absolute atomic E-state index is 0.0966. The first-order valence-electron chi connectivity index (χ1n) is 7.66. The molecule has 2 aromatic carbocycles. The molecule has 1 N–H and O–H groups in total. The van der Waals surface area contributed by atoms with Gasteiger partial charge in [-0.15, -0.1) is 0 Å². The van der Waals surface area contributed by atoms with Crippen LogP contribution in [-0.4, -0.2) is 12.5 Å². The third kappa shape index (κ3) is 4.92. The summed E-state index contributed by atoms with van der Waals surface area (Å²) in [5.41, 5.74) is 1.78. The minimum atomic E-state index is -0.556. The molecular weight excluding hydrogens is 395 g/mol. The summed E-state index contributed by atoms with van der Waals surface area (Å²) in [6, 6.07) is 10.2. The maximum atomic E-state index is 12.4. The zero-order chi connectivity index (χ0) is 19.3. The van der Waals surface area contributed by atoms with Gasteiger partial charge in [0.05, 0.1) is 16.7 Å². The van der Waals surface area contributed by atoms with Crippen molar-refractivity contribution in [2.45, 2.75) is 13.8 Å². The van der Waals surface area contributed by atoms with Crippen molar-refractivity contribution in [2.75, 3.05) is 11.9 Å². The lowest BCUT2D eigenvalue weighted by Gasteiger charge is -2.10. The fraction of sp³-hybridized carbons (Fsp3) is 0.158. The van der Waals surface area contributed by atoms with Gasteiger partial charge >= 0.3 is 0 Å². The number of hydrogen-bond donors (Lipinski definition) is 1. The number of halogens is 3. The van der Waals surface area contributed by atoms with Gasteiger partial charge in [0, 0.05) is 10.7 Å². The van der Waals surface area contributed by atoms with Gasteiger partial charge in [0.1, 0.15) is 11.6 Å². The number of nitriles is 1. The van der Waals surface area contributed by atoms with Gasteiger partial charge in [-0.1, -0.05) is 40.9 Å². The van der Waals surface area contributed by atoms with Crippen LogP contribution in [0.2, 0.25) is 15.1 Å². The highest BCUT2D eigenvalue weighted by Crippen LogP contribution is 2.35. The molecule has 0 bridgehead atoms. The highest BCUT2D eigenvalue weighted by Gasteiger charge is 2.13. The number of hydrogen-bond acceptors (Lipinski definition) is 3. The van der Waals surface area contributed by atoms with E-state index in [4.69, 9.17) is 39.5 Å². The van der Waals surface area contributed by atoms with Crippen molar-refractivity contribution in [1.82, 2.24) is 0 Å². The maximum absolute atomic E-state index is 12.4. The molecule has 134 valence electrons. The SMILES string of the molecule is CCOc1c(Cl)cc(/C=C(\C#N)C(=O)Nc2cc(Cl)ccc2C)cc1Cl. The van der Waals surface area contributed by atoms with Gasteiger partial charge in [-0.3, -0.25) is 4.79 Å². The molecular formula is C19H15Cl3N2O2. The normalized spacial score (nSPS) is 11.0. The molecule has 0 heterocycles. The van der Waals surface area contributed by atoms with E-state index in [1.54, 1.807) is 30.3 Å². The van der Waals surface area contributed by atoms with E-state index in [9.17, 15) is 10.1 Å². The van der Waals surface area contributed by atoms with Crippen molar-refractivity contribution in [1.29, 1.82) is 5.26 Å². The lowest BCUT2D eigenvalue weighted by atomic mass is 10.1. The Bertz CT molecular complexity index is 894. The Kier molecular flexibility index (Phi) is 6.93. The number of nitrogens with zero attached hydrogens (tertiary/aromatic N) is 1. The highest BCUT2D eigenvalue weighted by molar-refractivity contribution is 6.37. The van der Waals surface area contributed by atoms with E-state index in [0.29, 0.717) is 38.7 Å². The molecule has 26 heavy (non-hydrogen) atoms. The highest BCUT2D eigenvalue weighted by atomic mass is 35.5. The molecule has 0 aliphatic carbocycles. The largest absolute Gasteiger partial charge is 0.491 e. The molecule has 0 saturated heterocycles. The van der Waals surface area contributed by atoms with Crippen molar-refractivity contribution < 1.29 is 9.53 Å². The number of aryl methyl sites for hydroxylation is 1. The van der Waals surface area contributed by atoms with Gasteiger partial charge in [-0.2, -0.15) is 5.26 Å². The fourth-order valence-corrected chi connectivity index (χ4v) is 2.96. The van der Waals surface area contributed by atoms with E-state index in [1.807, 2.05) is 19.9 Å². The zero-order valence-electron chi connectivity index (χ0n) is 14.1. The Morgan fingerprint density at radius 1 is 1.23 bits per heavy atom. The molecule has 0 unspecified atom stereocenters. The smallest absolute Gasteiger partial charge is 0.266 e. The molecule has 1 amide bonds. The lowest BCUT2D eigenvalue weighted by molar-refractivity contribution is -0.112. The minimum Gasteiger partial charge on any atom is -0.491 e. The molecule has 0 aliphatic heterocycles. The first-order valence-corrected chi connectivity index (χ1v) is 8.80. The monoisotopic (exact) mass is 408 g/mol. The van der Waals surface area contributed by atoms with Crippen LogP contribution in [0, 0.1) is 18.3 Å². The molecule has 0 fully saturated rings. The van der Waals surface area contributed by atoms with Crippen molar-refractivity contribution in [3.05, 3.63) is 62.1 Å². The number of ether oxygens (including phenoxy) is 1. The summed E-state index contributed by atoms with van der Waals surface area (Å²) in [5.74, 6) is -0.190. The summed E-state index contributed by atoms with van der Waals surface area (Å²) >= 11 is 18.2. The Hall–Kier alpha value is -2.19. The van der Waals surface area contributed by atoms with E-state index < -0.39 is 5.91 Å². The number of carbonyl (C=O) groups is 1. The van der Waals surface area contributed by atoms with Crippen LogP contribution in [0.3, 0.4) is 0 Å². The number of carbonyl (C=O) groups excluding carboxylic acids is 1.